The first-order chi connectivity index (χ1) is 6.76. The maximum atomic E-state index is 11.3. The Morgan fingerprint density at radius 1 is 1.07 bits per heavy atom. The molecule has 88 valence electrons. The van der Waals surface area contributed by atoms with Crippen LogP contribution in [0.2, 0.25) is 0 Å². The standard InChI is InChI=1S/C11H20O4/c1-5-7-11(8(12)13,9(14)15)10(3,4)6-2/h5-7H2,1-4H3,(H,12,13)(H,14,15). The third kappa shape index (κ3) is 2.13. The zero-order chi connectivity index (χ0) is 12.3. The summed E-state index contributed by atoms with van der Waals surface area (Å²) in [7, 11) is 0. The molecule has 15 heavy (non-hydrogen) atoms. The molecule has 0 radical (unpaired) electrons. The molecule has 0 aromatic carbocycles. The van der Waals surface area contributed by atoms with E-state index in [4.69, 9.17) is 0 Å². The van der Waals surface area contributed by atoms with E-state index in [0.717, 1.165) is 0 Å². The Bertz CT molecular complexity index is 241. The molecule has 4 heteroatoms. The van der Waals surface area contributed by atoms with E-state index in [0.29, 0.717) is 12.8 Å². The normalized spacial score (nSPS) is 12.5. The Balaban J connectivity index is 5.52. The first-order valence-electron chi connectivity index (χ1n) is 5.23. The lowest BCUT2D eigenvalue weighted by Gasteiger charge is -2.39. The van der Waals surface area contributed by atoms with Crippen molar-refractivity contribution in [3.8, 4) is 0 Å². The lowest BCUT2D eigenvalue weighted by Crippen LogP contribution is -2.50. The summed E-state index contributed by atoms with van der Waals surface area (Å²) in [5.74, 6) is -2.47. The average Bonchev–Trinajstić information content (AvgIpc) is 2.12. The molecule has 0 aromatic rings. The van der Waals surface area contributed by atoms with Crippen LogP contribution >= 0.6 is 0 Å². The van der Waals surface area contributed by atoms with Crippen LogP contribution in [0.4, 0.5) is 0 Å². The molecule has 0 rings (SSSR count). The fraction of sp³-hybridized carbons (Fsp3) is 0.818. The molecule has 0 unspecified atom stereocenters. The number of hydrogen-bond donors (Lipinski definition) is 2. The fourth-order valence-corrected chi connectivity index (χ4v) is 1.90. The van der Waals surface area contributed by atoms with Gasteiger partial charge in [-0.1, -0.05) is 34.1 Å². The van der Waals surface area contributed by atoms with Crippen LogP contribution in [0, 0.1) is 10.8 Å². The van der Waals surface area contributed by atoms with Gasteiger partial charge in [0.2, 0.25) is 0 Å². The summed E-state index contributed by atoms with van der Waals surface area (Å²) < 4.78 is 0. The summed E-state index contributed by atoms with van der Waals surface area (Å²) in [6, 6.07) is 0. The SMILES string of the molecule is CCCC(C(=O)O)(C(=O)O)C(C)(C)CC. The average molecular weight is 216 g/mol. The molecule has 4 nitrogen and oxygen atoms in total. The van der Waals surface area contributed by atoms with Gasteiger partial charge in [-0.2, -0.15) is 0 Å². The number of rotatable bonds is 6. The highest BCUT2D eigenvalue weighted by atomic mass is 16.4. The summed E-state index contributed by atoms with van der Waals surface area (Å²) in [6.45, 7) is 7.01. The number of hydrogen-bond acceptors (Lipinski definition) is 2. The van der Waals surface area contributed by atoms with Gasteiger partial charge in [0.15, 0.2) is 5.41 Å². The molecule has 0 saturated heterocycles. The van der Waals surface area contributed by atoms with Gasteiger partial charge in [-0.05, 0) is 18.3 Å². The van der Waals surface area contributed by atoms with Gasteiger partial charge in [-0.3, -0.25) is 9.59 Å². The molecule has 0 saturated carbocycles. The van der Waals surface area contributed by atoms with Crippen molar-refractivity contribution in [3.63, 3.8) is 0 Å². The molecule has 0 bridgehead atoms. The van der Waals surface area contributed by atoms with Gasteiger partial charge >= 0.3 is 11.9 Å². The van der Waals surface area contributed by atoms with Crippen molar-refractivity contribution in [2.45, 2.75) is 47.0 Å². The lowest BCUT2D eigenvalue weighted by molar-refractivity contribution is -0.175. The molecule has 0 fully saturated rings. The highest BCUT2D eigenvalue weighted by Gasteiger charge is 2.56. The lowest BCUT2D eigenvalue weighted by atomic mass is 9.61. The van der Waals surface area contributed by atoms with E-state index in [1.165, 1.54) is 0 Å². The van der Waals surface area contributed by atoms with E-state index < -0.39 is 22.8 Å². The zero-order valence-corrected chi connectivity index (χ0v) is 9.83. The van der Waals surface area contributed by atoms with Crippen molar-refractivity contribution in [1.82, 2.24) is 0 Å². The third-order valence-electron chi connectivity index (χ3n) is 3.39. The second-order valence-corrected chi connectivity index (χ2v) is 4.50. The highest BCUT2D eigenvalue weighted by molar-refractivity contribution is 5.99. The Kier molecular flexibility index (Phi) is 4.31. The molecule has 0 aliphatic rings. The van der Waals surface area contributed by atoms with Crippen LogP contribution < -0.4 is 0 Å². The van der Waals surface area contributed by atoms with Crippen molar-refractivity contribution in [3.05, 3.63) is 0 Å². The van der Waals surface area contributed by atoms with Crippen LogP contribution in [-0.4, -0.2) is 22.2 Å². The summed E-state index contributed by atoms with van der Waals surface area (Å²) in [4.78, 5) is 22.6. The molecule has 0 heterocycles. The maximum absolute atomic E-state index is 11.3. The van der Waals surface area contributed by atoms with Gasteiger partial charge in [-0.25, -0.2) is 0 Å². The molecule has 0 aromatic heterocycles. The molecule has 0 aliphatic heterocycles. The summed E-state index contributed by atoms with van der Waals surface area (Å²) in [5.41, 5.74) is -2.42. The number of carboxylic acid groups (broad SMARTS) is 2. The van der Waals surface area contributed by atoms with Crippen molar-refractivity contribution < 1.29 is 19.8 Å². The van der Waals surface area contributed by atoms with Gasteiger partial charge < -0.3 is 10.2 Å². The zero-order valence-electron chi connectivity index (χ0n) is 9.83. The predicted octanol–water partition coefficient (Wildman–Crippen LogP) is 2.38. The van der Waals surface area contributed by atoms with Crippen LogP contribution in [0.3, 0.4) is 0 Å². The van der Waals surface area contributed by atoms with E-state index in [-0.39, 0.29) is 6.42 Å². The minimum atomic E-state index is -1.67. The van der Waals surface area contributed by atoms with E-state index >= 15 is 0 Å². The molecule has 2 N–H and O–H groups in total. The Morgan fingerprint density at radius 2 is 1.47 bits per heavy atom. The van der Waals surface area contributed by atoms with Crippen LogP contribution in [-0.2, 0) is 9.59 Å². The molecular weight excluding hydrogens is 196 g/mol. The van der Waals surface area contributed by atoms with Crippen LogP contribution in [0.25, 0.3) is 0 Å². The largest absolute Gasteiger partial charge is 0.480 e. The van der Waals surface area contributed by atoms with Gasteiger partial charge in [-0.15, -0.1) is 0 Å². The number of carbonyl (C=O) groups is 2. The smallest absolute Gasteiger partial charge is 0.321 e. The Labute approximate surface area is 90.3 Å². The molecular formula is C11H20O4. The number of aliphatic carboxylic acids is 2. The third-order valence-corrected chi connectivity index (χ3v) is 3.39. The first-order valence-corrected chi connectivity index (χ1v) is 5.23. The summed E-state index contributed by atoms with van der Waals surface area (Å²) in [5, 5.41) is 18.4. The molecule has 0 spiro atoms. The van der Waals surface area contributed by atoms with Gasteiger partial charge in [0, 0.05) is 0 Å². The Hall–Kier alpha value is -1.06. The second kappa shape index (κ2) is 4.64. The topological polar surface area (TPSA) is 74.6 Å². The van der Waals surface area contributed by atoms with Crippen molar-refractivity contribution in [2.75, 3.05) is 0 Å². The quantitative estimate of drug-likeness (QED) is 0.668. The molecule has 0 aliphatic carbocycles. The van der Waals surface area contributed by atoms with Crippen molar-refractivity contribution >= 4 is 11.9 Å². The van der Waals surface area contributed by atoms with Gasteiger partial charge in [0.25, 0.3) is 0 Å². The van der Waals surface area contributed by atoms with Crippen molar-refractivity contribution in [2.24, 2.45) is 10.8 Å². The predicted molar refractivity (Wildman–Crippen MR) is 56.7 cm³/mol. The minimum Gasteiger partial charge on any atom is -0.480 e. The second-order valence-electron chi connectivity index (χ2n) is 4.50. The van der Waals surface area contributed by atoms with Crippen LogP contribution in [0.1, 0.15) is 47.0 Å². The van der Waals surface area contributed by atoms with Gasteiger partial charge in [0.05, 0.1) is 0 Å². The highest BCUT2D eigenvalue weighted by Crippen LogP contribution is 2.45. The molecule has 0 amide bonds. The summed E-state index contributed by atoms with van der Waals surface area (Å²) >= 11 is 0. The monoisotopic (exact) mass is 216 g/mol. The van der Waals surface area contributed by atoms with E-state index in [1.54, 1.807) is 20.8 Å². The summed E-state index contributed by atoms with van der Waals surface area (Å²) in [6.07, 6.45) is 1.23. The van der Waals surface area contributed by atoms with Crippen molar-refractivity contribution in [1.29, 1.82) is 0 Å². The first kappa shape index (κ1) is 13.9. The molecule has 0 atom stereocenters. The Morgan fingerprint density at radius 3 is 1.67 bits per heavy atom. The van der Waals surface area contributed by atoms with Gasteiger partial charge in [0.1, 0.15) is 0 Å². The minimum absolute atomic E-state index is 0.165. The van der Waals surface area contributed by atoms with Crippen LogP contribution in [0.5, 0.6) is 0 Å². The fourth-order valence-electron chi connectivity index (χ4n) is 1.90. The van der Waals surface area contributed by atoms with E-state index in [1.807, 2.05) is 6.92 Å². The van der Waals surface area contributed by atoms with E-state index in [9.17, 15) is 19.8 Å². The van der Waals surface area contributed by atoms with E-state index in [2.05, 4.69) is 0 Å². The maximum Gasteiger partial charge on any atom is 0.321 e. The number of carboxylic acids is 2. The van der Waals surface area contributed by atoms with Crippen LogP contribution in [0.15, 0.2) is 0 Å².